The maximum Gasteiger partial charge on any atom is 0.272 e. The number of aromatic nitrogens is 2. The summed E-state index contributed by atoms with van der Waals surface area (Å²) >= 11 is 0. The molecule has 0 spiro atoms. The number of ether oxygens (including phenoxy) is 1. The molecule has 1 amide bonds. The molecule has 30 heavy (non-hydrogen) atoms. The fraction of sp³-hybridized carbons (Fsp3) is 0.250. The first-order valence-corrected chi connectivity index (χ1v) is 10.3. The molecule has 0 saturated carbocycles. The van der Waals surface area contributed by atoms with Gasteiger partial charge in [-0.2, -0.15) is 0 Å². The lowest BCUT2D eigenvalue weighted by molar-refractivity contribution is 0.102. The molecule has 0 aliphatic carbocycles. The smallest absolute Gasteiger partial charge is 0.272 e. The molecule has 1 aliphatic heterocycles. The second kappa shape index (κ2) is 7.37. The highest BCUT2D eigenvalue weighted by molar-refractivity contribution is 6.12. The van der Waals surface area contributed by atoms with E-state index in [2.05, 4.69) is 26.3 Å². The van der Waals surface area contributed by atoms with Crippen molar-refractivity contribution in [3.05, 3.63) is 59.9 Å². The third kappa shape index (κ3) is 3.05. The van der Waals surface area contributed by atoms with Crippen LogP contribution in [0, 0.1) is 6.92 Å². The van der Waals surface area contributed by atoms with Crippen LogP contribution in [0.1, 0.15) is 28.9 Å². The number of nitrogens with zero attached hydrogens (tertiary/aromatic N) is 2. The summed E-state index contributed by atoms with van der Waals surface area (Å²) in [5, 5.41) is 5.02. The molecular formula is C24H24N4O2. The zero-order valence-corrected chi connectivity index (χ0v) is 17.2. The van der Waals surface area contributed by atoms with Gasteiger partial charge >= 0.3 is 0 Å². The zero-order valence-electron chi connectivity index (χ0n) is 17.2. The number of nitrogens with one attached hydrogen (secondary N) is 2. The van der Waals surface area contributed by atoms with Gasteiger partial charge in [0.05, 0.1) is 24.0 Å². The number of amides is 1. The number of hydrogen-bond acceptors (Lipinski definition) is 4. The molecule has 6 heteroatoms. The molecule has 152 valence electrons. The lowest BCUT2D eigenvalue weighted by Gasteiger charge is -2.20. The summed E-state index contributed by atoms with van der Waals surface area (Å²) in [7, 11) is 1.64. The average molecular weight is 400 g/mol. The minimum Gasteiger partial charge on any atom is -0.497 e. The molecule has 1 aliphatic rings. The van der Waals surface area contributed by atoms with E-state index >= 15 is 0 Å². The van der Waals surface area contributed by atoms with Gasteiger partial charge in [0.1, 0.15) is 11.4 Å². The largest absolute Gasteiger partial charge is 0.497 e. The van der Waals surface area contributed by atoms with Gasteiger partial charge in [0, 0.05) is 35.6 Å². The fourth-order valence-corrected chi connectivity index (χ4v) is 4.32. The minimum atomic E-state index is -0.165. The number of pyridine rings is 1. The van der Waals surface area contributed by atoms with Gasteiger partial charge in [0.2, 0.25) is 0 Å². The molecule has 3 heterocycles. The predicted molar refractivity (Wildman–Crippen MR) is 121 cm³/mol. The zero-order chi connectivity index (χ0) is 20.7. The fourth-order valence-electron chi connectivity index (χ4n) is 4.32. The highest BCUT2D eigenvalue weighted by Gasteiger charge is 2.19. The summed E-state index contributed by atoms with van der Waals surface area (Å²) in [5.41, 5.74) is 5.19. The van der Waals surface area contributed by atoms with E-state index in [0.717, 1.165) is 57.6 Å². The lowest BCUT2D eigenvalue weighted by Crippen LogP contribution is -2.19. The highest BCUT2D eigenvalue weighted by atomic mass is 16.5. The average Bonchev–Trinajstić information content (AvgIpc) is 3.42. The van der Waals surface area contributed by atoms with Crippen molar-refractivity contribution in [3.63, 3.8) is 0 Å². The molecule has 2 aromatic carbocycles. The number of rotatable bonds is 4. The van der Waals surface area contributed by atoms with Crippen molar-refractivity contribution in [1.82, 2.24) is 9.97 Å². The SMILES string of the molecule is COc1ccc2[nH]c(C(=O)Nc3ccc(N4CCCC4)c4ncccc34)c(C)c2c1. The number of fused-ring (bicyclic) bond motifs is 2. The summed E-state index contributed by atoms with van der Waals surface area (Å²) in [6.07, 6.45) is 4.22. The molecule has 1 fully saturated rings. The minimum absolute atomic E-state index is 0.165. The molecule has 0 unspecified atom stereocenters. The molecule has 0 radical (unpaired) electrons. The van der Waals surface area contributed by atoms with E-state index in [1.165, 1.54) is 12.8 Å². The third-order valence-electron chi connectivity index (χ3n) is 5.94. The molecule has 1 saturated heterocycles. The van der Waals surface area contributed by atoms with Crippen LogP contribution < -0.4 is 15.0 Å². The van der Waals surface area contributed by atoms with Crippen LogP contribution in [0.25, 0.3) is 21.8 Å². The van der Waals surface area contributed by atoms with Crippen molar-refractivity contribution in [2.24, 2.45) is 0 Å². The maximum absolute atomic E-state index is 13.1. The van der Waals surface area contributed by atoms with Gasteiger partial charge in [-0.25, -0.2) is 0 Å². The Labute approximate surface area is 174 Å². The number of aromatic amines is 1. The second-order valence-electron chi connectivity index (χ2n) is 7.72. The number of carbonyl (C=O) groups is 1. The molecular weight excluding hydrogens is 376 g/mol. The summed E-state index contributed by atoms with van der Waals surface area (Å²) in [4.78, 5) is 23.4. The van der Waals surface area contributed by atoms with Gasteiger partial charge in [0.15, 0.2) is 0 Å². The number of methoxy groups -OCH3 is 1. The molecule has 0 atom stereocenters. The molecule has 0 bridgehead atoms. The van der Waals surface area contributed by atoms with E-state index in [1.807, 2.05) is 49.5 Å². The molecule has 5 rings (SSSR count). The number of H-pyrrole nitrogens is 1. The van der Waals surface area contributed by atoms with Crippen molar-refractivity contribution in [1.29, 1.82) is 0 Å². The molecule has 6 nitrogen and oxygen atoms in total. The topological polar surface area (TPSA) is 70.2 Å². The Bertz CT molecular complexity index is 1260. The predicted octanol–water partition coefficient (Wildman–Crippen LogP) is 4.89. The molecule has 4 aromatic rings. The number of carbonyl (C=O) groups excluding carboxylic acids is 1. The number of benzene rings is 2. The maximum atomic E-state index is 13.1. The van der Waals surface area contributed by atoms with Gasteiger partial charge in [-0.3, -0.25) is 9.78 Å². The quantitative estimate of drug-likeness (QED) is 0.512. The Kier molecular flexibility index (Phi) is 4.54. The van der Waals surface area contributed by atoms with E-state index < -0.39 is 0 Å². The number of aryl methyl sites for hydroxylation is 1. The Morgan fingerprint density at radius 3 is 2.77 bits per heavy atom. The van der Waals surface area contributed by atoms with Crippen LogP contribution in [0.5, 0.6) is 5.75 Å². The van der Waals surface area contributed by atoms with Gasteiger partial charge in [-0.1, -0.05) is 0 Å². The first-order chi connectivity index (χ1) is 14.7. The standard InChI is InChI=1S/C24H24N4O2/c1-15-18-14-16(30-2)7-8-20(18)26-22(15)24(29)27-19-9-10-21(28-12-3-4-13-28)23-17(19)6-5-11-25-23/h5-11,14,26H,3-4,12-13H2,1-2H3,(H,27,29). The summed E-state index contributed by atoms with van der Waals surface area (Å²) in [6, 6.07) is 13.7. The van der Waals surface area contributed by atoms with Gasteiger partial charge < -0.3 is 19.9 Å². The van der Waals surface area contributed by atoms with Crippen LogP contribution >= 0.6 is 0 Å². The molecule has 2 aromatic heterocycles. The first-order valence-electron chi connectivity index (χ1n) is 10.3. The monoisotopic (exact) mass is 400 g/mol. The van der Waals surface area contributed by atoms with Crippen molar-refractivity contribution in [2.45, 2.75) is 19.8 Å². The van der Waals surface area contributed by atoms with Gasteiger partial charge in [0.25, 0.3) is 5.91 Å². The van der Waals surface area contributed by atoms with E-state index in [1.54, 1.807) is 7.11 Å². The summed E-state index contributed by atoms with van der Waals surface area (Å²) < 4.78 is 5.32. The number of anilines is 2. The van der Waals surface area contributed by atoms with E-state index in [-0.39, 0.29) is 5.91 Å². The summed E-state index contributed by atoms with van der Waals surface area (Å²) in [6.45, 7) is 4.05. The van der Waals surface area contributed by atoms with Crippen LogP contribution in [0.15, 0.2) is 48.7 Å². The third-order valence-corrected chi connectivity index (χ3v) is 5.94. The Morgan fingerprint density at radius 2 is 1.97 bits per heavy atom. The van der Waals surface area contributed by atoms with E-state index in [4.69, 9.17) is 4.74 Å². The van der Waals surface area contributed by atoms with Crippen molar-refractivity contribution in [3.8, 4) is 5.75 Å². The van der Waals surface area contributed by atoms with Crippen LogP contribution in [0.3, 0.4) is 0 Å². The Balaban J connectivity index is 1.51. The van der Waals surface area contributed by atoms with Gasteiger partial charge in [-0.05, 0) is 67.8 Å². The Morgan fingerprint density at radius 1 is 1.13 bits per heavy atom. The highest BCUT2D eigenvalue weighted by Crippen LogP contribution is 2.33. The summed E-state index contributed by atoms with van der Waals surface area (Å²) in [5.74, 6) is 0.605. The van der Waals surface area contributed by atoms with Crippen molar-refractivity contribution >= 4 is 39.1 Å². The van der Waals surface area contributed by atoms with E-state index in [9.17, 15) is 4.79 Å². The van der Waals surface area contributed by atoms with Gasteiger partial charge in [-0.15, -0.1) is 0 Å². The first kappa shape index (κ1) is 18.5. The molecule has 2 N–H and O–H groups in total. The lowest BCUT2D eigenvalue weighted by atomic mass is 10.1. The van der Waals surface area contributed by atoms with Crippen LogP contribution in [-0.2, 0) is 0 Å². The number of hydrogen-bond donors (Lipinski definition) is 2. The van der Waals surface area contributed by atoms with Crippen LogP contribution in [0.4, 0.5) is 11.4 Å². The normalized spacial score (nSPS) is 13.9. The van der Waals surface area contributed by atoms with E-state index in [0.29, 0.717) is 5.69 Å². The van der Waals surface area contributed by atoms with Crippen molar-refractivity contribution in [2.75, 3.05) is 30.4 Å². The van der Waals surface area contributed by atoms with Crippen molar-refractivity contribution < 1.29 is 9.53 Å². The van der Waals surface area contributed by atoms with Crippen LogP contribution in [0.2, 0.25) is 0 Å². The second-order valence-corrected chi connectivity index (χ2v) is 7.72. The Hall–Kier alpha value is -3.54. The van der Waals surface area contributed by atoms with Crippen LogP contribution in [-0.4, -0.2) is 36.1 Å².